The fourth-order valence-corrected chi connectivity index (χ4v) is 3.31. The number of anilines is 1. The molecule has 0 aromatic carbocycles. The number of nitrogens with one attached hydrogen (secondary N) is 1. The zero-order valence-electron chi connectivity index (χ0n) is 14.7. The van der Waals surface area contributed by atoms with Gasteiger partial charge in [-0.3, -0.25) is 14.6 Å². The van der Waals surface area contributed by atoms with Gasteiger partial charge in [0.15, 0.2) is 0 Å². The average Bonchev–Trinajstić information content (AvgIpc) is 3.06. The van der Waals surface area contributed by atoms with Crippen LogP contribution in [0.2, 0.25) is 0 Å². The SMILES string of the molecule is CCCc1cc(=O)n2nc(N(C)CC(=O)NCc3cccnc3)sc2n1. The highest BCUT2D eigenvalue weighted by molar-refractivity contribution is 7.20. The van der Waals surface area contributed by atoms with E-state index in [1.807, 2.05) is 19.1 Å². The number of carbonyl (C=O) groups excluding carboxylic acids is 1. The van der Waals surface area contributed by atoms with Crippen LogP contribution < -0.4 is 15.8 Å². The molecule has 0 aliphatic rings. The molecule has 0 saturated heterocycles. The van der Waals surface area contributed by atoms with Gasteiger partial charge in [0.1, 0.15) is 0 Å². The fourth-order valence-electron chi connectivity index (χ4n) is 2.43. The third-order valence-electron chi connectivity index (χ3n) is 3.71. The number of carbonyl (C=O) groups is 1. The van der Waals surface area contributed by atoms with E-state index in [9.17, 15) is 9.59 Å². The van der Waals surface area contributed by atoms with Crippen LogP contribution in [0.15, 0.2) is 35.4 Å². The lowest BCUT2D eigenvalue weighted by Crippen LogP contribution is -2.34. The zero-order valence-corrected chi connectivity index (χ0v) is 15.5. The highest BCUT2D eigenvalue weighted by Crippen LogP contribution is 2.20. The highest BCUT2D eigenvalue weighted by atomic mass is 32.1. The minimum Gasteiger partial charge on any atom is -0.350 e. The second kappa shape index (κ2) is 8.05. The predicted octanol–water partition coefficient (Wildman–Crippen LogP) is 1.25. The largest absolute Gasteiger partial charge is 0.350 e. The molecule has 0 unspecified atom stereocenters. The molecule has 3 aromatic heterocycles. The maximum Gasteiger partial charge on any atom is 0.275 e. The van der Waals surface area contributed by atoms with Gasteiger partial charge in [-0.05, 0) is 18.1 Å². The molecular formula is C17H20N6O2S. The summed E-state index contributed by atoms with van der Waals surface area (Å²) in [6, 6.07) is 5.24. The predicted molar refractivity (Wildman–Crippen MR) is 100 cm³/mol. The maximum atomic E-state index is 12.2. The summed E-state index contributed by atoms with van der Waals surface area (Å²) < 4.78 is 1.28. The van der Waals surface area contributed by atoms with Crippen molar-refractivity contribution in [1.82, 2.24) is 24.9 Å². The normalized spacial score (nSPS) is 10.8. The van der Waals surface area contributed by atoms with Crippen molar-refractivity contribution in [3.8, 4) is 0 Å². The van der Waals surface area contributed by atoms with Crippen molar-refractivity contribution in [2.75, 3.05) is 18.5 Å². The molecule has 0 aliphatic heterocycles. The van der Waals surface area contributed by atoms with Crippen LogP contribution in [0, 0.1) is 0 Å². The van der Waals surface area contributed by atoms with Crippen molar-refractivity contribution in [2.24, 2.45) is 0 Å². The van der Waals surface area contributed by atoms with E-state index in [0.717, 1.165) is 24.1 Å². The molecule has 3 rings (SSSR count). The van der Waals surface area contributed by atoms with Crippen LogP contribution in [-0.2, 0) is 17.8 Å². The first-order valence-electron chi connectivity index (χ1n) is 8.33. The number of rotatable bonds is 7. The number of hydrogen-bond donors (Lipinski definition) is 1. The third-order valence-corrected chi connectivity index (χ3v) is 4.74. The number of aryl methyl sites for hydroxylation is 1. The summed E-state index contributed by atoms with van der Waals surface area (Å²) in [6.45, 7) is 2.60. The molecule has 26 heavy (non-hydrogen) atoms. The molecule has 9 heteroatoms. The molecule has 0 aliphatic carbocycles. The molecule has 0 bridgehead atoms. The van der Waals surface area contributed by atoms with E-state index in [-0.39, 0.29) is 18.0 Å². The van der Waals surface area contributed by atoms with Crippen LogP contribution in [0.25, 0.3) is 4.96 Å². The minimum absolute atomic E-state index is 0.136. The Morgan fingerprint density at radius 3 is 3.00 bits per heavy atom. The first-order valence-corrected chi connectivity index (χ1v) is 9.15. The number of likely N-dealkylation sites (N-methyl/N-ethyl adjacent to an activating group) is 1. The Hall–Kier alpha value is -2.81. The maximum absolute atomic E-state index is 12.2. The molecule has 136 valence electrons. The van der Waals surface area contributed by atoms with Gasteiger partial charge in [-0.1, -0.05) is 30.7 Å². The van der Waals surface area contributed by atoms with E-state index in [0.29, 0.717) is 16.6 Å². The Labute approximate surface area is 154 Å². The molecule has 0 saturated carbocycles. The van der Waals surface area contributed by atoms with Crippen LogP contribution in [-0.4, -0.2) is 39.1 Å². The number of aromatic nitrogens is 4. The van der Waals surface area contributed by atoms with Gasteiger partial charge in [0.05, 0.1) is 6.54 Å². The van der Waals surface area contributed by atoms with Crippen LogP contribution in [0.4, 0.5) is 5.13 Å². The molecule has 0 spiro atoms. The van der Waals surface area contributed by atoms with Crippen LogP contribution in [0.3, 0.4) is 0 Å². The summed E-state index contributed by atoms with van der Waals surface area (Å²) in [6.07, 6.45) is 5.08. The fraction of sp³-hybridized carbons (Fsp3) is 0.353. The lowest BCUT2D eigenvalue weighted by molar-refractivity contribution is -0.119. The molecule has 0 atom stereocenters. The van der Waals surface area contributed by atoms with Gasteiger partial charge >= 0.3 is 0 Å². The summed E-state index contributed by atoms with van der Waals surface area (Å²) in [5.74, 6) is -0.136. The molecule has 3 heterocycles. The van der Waals surface area contributed by atoms with E-state index < -0.39 is 0 Å². The monoisotopic (exact) mass is 372 g/mol. The van der Waals surface area contributed by atoms with E-state index in [1.165, 1.54) is 21.9 Å². The van der Waals surface area contributed by atoms with E-state index in [1.54, 1.807) is 24.3 Å². The first-order chi connectivity index (χ1) is 12.6. The number of amides is 1. The Morgan fingerprint density at radius 1 is 1.42 bits per heavy atom. The summed E-state index contributed by atoms with van der Waals surface area (Å²) >= 11 is 1.29. The van der Waals surface area contributed by atoms with Gasteiger partial charge in [-0.25, -0.2) is 4.98 Å². The smallest absolute Gasteiger partial charge is 0.275 e. The highest BCUT2D eigenvalue weighted by Gasteiger charge is 2.14. The summed E-state index contributed by atoms with van der Waals surface area (Å²) in [5.41, 5.74) is 1.50. The molecule has 1 N–H and O–H groups in total. The van der Waals surface area contributed by atoms with Gasteiger partial charge < -0.3 is 10.2 Å². The molecule has 0 radical (unpaired) electrons. The standard InChI is InChI=1S/C17H20N6O2S/c1-3-5-13-8-15(25)23-16(20-13)26-17(21-23)22(2)11-14(24)19-10-12-6-4-7-18-9-12/h4,6-9H,3,5,10-11H2,1-2H3,(H,19,24). The Balaban J connectivity index is 1.67. The van der Waals surface area contributed by atoms with Crippen molar-refractivity contribution in [3.63, 3.8) is 0 Å². The van der Waals surface area contributed by atoms with Gasteiger partial charge in [-0.2, -0.15) is 4.52 Å². The number of fused-ring (bicyclic) bond motifs is 1. The van der Waals surface area contributed by atoms with Crippen LogP contribution in [0.5, 0.6) is 0 Å². The number of nitrogens with zero attached hydrogens (tertiary/aromatic N) is 5. The van der Waals surface area contributed by atoms with Gasteiger partial charge in [-0.15, -0.1) is 5.10 Å². The van der Waals surface area contributed by atoms with Crippen molar-refractivity contribution in [1.29, 1.82) is 0 Å². The molecule has 0 fully saturated rings. The van der Waals surface area contributed by atoms with E-state index in [2.05, 4.69) is 20.4 Å². The zero-order chi connectivity index (χ0) is 18.5. The molecule has 3 aromatic rings. The Bertz CT molecular complexity index is 953. The Kier molecular flexibility index (Phi) is 5.57. The van der Waals surface area contributed by atoms with E-state index >= 15 is 0 Å². The van der Waals surface area contributed by atoms with Gasteiger partial charge in [0.2, 0.25) is 16.0 Å². The third kappa shape index (κ3) is 4.23. The summed E-state index contributed by atoms with van der Waals surface area (Å²) in [5, 5.41) is 7.69. The lowest BCUT2D eigenvalue weighted by atomic mass is 10.2. The molecule has 8 nitrogen and oxygen atoms in total. The quantitative estimate of drug-likeness (QED) is 0.671. The number of hydrogen-bond acceptors (Lipinski definition) is 7. The summed E-state index contributed by atoms with van der Waals surface area (Å²) in [7, 11) is 1.76. The van der Waals surface area contributed by atoms with Crippen molar-refractivity contribution < 1.29 is 4.79 Å². The van der Waals surface area contributed by atoms with E-state index in [4.69, 9.17) is 0 Å². The first kappa shape index (κ1) is 18.0. The average molecular weight is 372 g/mol. The van der Waals surface area contributed by atoms with Crippen molar-refractivity contribution in [2.45, 2.75) is 26.3 Å². The molecular weight excluding hydrogens is 352 g/mol. The summed E-state index contributed by atoms with van der Waals surface area (Å²) in [4.78, 5) is 35.0. The second-order valence-corrected chi connectivity index (χ2v) is 6.84. The molecule has 1 amide bonds. The number of pyridine rings is 1. The van der Waals surface area contributed by atoms with Crippen molar-refractivity contribution in [3.05, 3.63) is 52.2 Å². The van der Waals surface area contributed by atoms with Crippen LogP contribution in [0.1, 0.15) is 24.6 Å². The van der Waals surface area contributed by atoms with Crippen molar-refractivity contribution >= 4 is 27.3 Å². The minimum atomic E-state index is -0.199. The second-order valence-electron chi connectivity index (χ2n) is 5.91. The topological polar surface area (TPSA) is 92.5 Å². The van der Waals surface area contributed by atoms with Crippen LogP contribution >= 0.6 is 11.3 Å². The lowest BCUT2D eigenvalue weighted by Gasteiger charge is -2.14. The Morgan fingerprint density at radius 2 is 2.27 bits per heavy atom. The van der Waals surface area contributed by atoms with Gasteiger partial charge in [0, 0.05) is 37.7 Å². The van der Waals surface area contributed by atoms with Gasteiger partial charge in [0.25, 0.3) is 5.56 Å².